The van der Waals surface area contributed by atoms with Crippen molar-refractivity contribution in [1.82, 2.24) is 5.32 Å². The Hall–Kier alpha value is -0.340. The highest BCUT2D eigenvalue weighted by atomic mass is 79.9. The third-order valence-corrected chi connectivity index (χ3v) is 5.18. The van der Waals surface area contributed by atoms with Crippen molar-refractivity contribution in [2.75, 3.05) is 0 Å². The molecule has 4 atom stereocenters. The molecule has 0 amide bonds. The molecule has 0 saturated heterocycles. The molecule has 1 aliphatic rings. The van der Waals surface area contributed by atoms with E-state index in [1.165, 1.54) is 29.3 Å². The molecule has 1 fully saturated rings. The summed E-state index contributed by atoms with van der Waals surface area (Å²) in [5, 5.41) is 3.80. The largest absolute Gasteiger partial charge is 0.307 e. The number of hydrogen-bond acceptors (Lipinski definition) is 1. The zero-order valence-corrected chi connectivity index (χ0v) is 13.2. The van der Waals surface area contributed by atoms with Gasteiger partial charge in [-0.15, -0.1) is 0 Å². The summed E-state index contributed by atoms with van der Waals surface area (Å²) in [6, 6.07) is 9.62. The Kier molecular flexibility index (Phi) is 4.85. The van der Waals surface area contributed by atoms with Crippen LogP contribution in [0.4, 0.5) is 0 Å². The maximum Gasteiger partial charge on any atom is 0.0305 e. The molecule has 0 aromatic heterocycles. The molecule has 0 aliphatic heterocycles. The summed E-state index contributed by atoms with van der Waals surface area (Å²) in [7, 11) is 0. The zero-order chi connectivity index (χ0) is 13.1. The van der Waals surface area contributed by atoms with Crippen LogP contribution in [0.15, 0.2) is 28.7 Å². The number of rotatable bonds is 3. The Morgan fingerprint density at radius 1 is 1.17 bits per heavy atom. The maximum atomic E-state index is 3.80. The summed E-state index contributed by atoms with van der Waals surface area (Å²) in [5.74, 6) is 1.74. The van der Waals surface area contributed by atoms with Crippen LogP contribution in [0.25, 0.3) is 0 Å². The van der Waals surface area contributed by atoms with Crippen molar-refractivity contribution in [1.29, 1.82) is 0 Å². The number of hydrogen-bond donors (Lipinski definition) is 1. The highest BCUT2D eigenvalue weighted by Crippen LogP contribution is 2.31. The quantitative estimate of drug-likeness (QED) is 0.835. The summed E-state index contributed by atoms with van der Waals surface area (Å²) in [6.07, 6.45) is 4.00. The van der Waals surface area contributed by atoms with Crippen LogP contribution >= 0.6 is 15.9 Å². The minimum Gasteiger partial charge on any atom is -0.307 e. The molecule has 1 nitrogen and oxygen atoms in total. The fourth-order valence-corrected chi connectivity index (χ4v) is 3.60. The van der Waals surface area contributed by atoms with Gasteiger partial charge < -0.3 is 5.32 Å². The van der Waals surface area contributed by atoms with Crippen molar-refractivity contribution in [2.24, 2.45) is 11.8 Å². The Morgan fingerprint density at radius 3 is 2.56 bits per heavy atom. The molecule has 2 rings (SSSR count). The lowest BCUT2D eigenvalue weighted by atomic mass is 9.79. The van der Waals surface area contributed by atoms with E-state index in [-0.39, 0.29) is 0 Å². The SMILES string of the molecule is CC(NC1CCC(C)C(C)C1)c1ccccc1Br. The van der Waals surface area contributed by atoms with Gasteiger partial charge in [0, 0.05) is 16.6 Å². The smallest absolute Gasteiger partial charge is 0.0305 e. The van der Waals surface area contributed by atoms with Gasteiger partial charge in [0.25, 0.3) is 0 Å². The number of halogens is 1. The number of benzene rings is 1. The predicted octanol–water partition coefficient (Wildman–Crippen LogP) is 4.92. The van der Waals surface area contributed by atoms with Crippen molar-refractivity contribution < 1.29 is 0 Å². The molecule has 0 radical (unpaired) electrons. The summed E-state index contributed by atoms with van der Waals surface area (Å²) >= 11 is 3.64. The summed E-state index contributed by atoms with van der Waals surface area (Å²) in [4.78, 5) is 0. The Bertz CT molecular complexity index is 390. The van der Waals surface area contributed by atoms with Crippen LogP contribution in [0.3, 0.4) is 0 Å². The summed E-state index contributed by atoms with van der Waals surface area (Å²) in [5.41, 5.74) is 1.36. The van der Waals surface area contributed by atoms with E-state index in [1.54, 1.807) is 0 Å². The summed E-state index contributed by atoms with van der Waals surface area (Å²) in [6.45, 7) is 7.04. The lowest BCUT2D eigenvalue weighted by molar-refractivity contribution is 0.217. The average Bonchev–Trinajstić information content (AvgIpc) is 2.34. The molecule has 4 unspecified atom stereocenters. The fraction of sp³-hybridized carbons (Fsp3) is 0.625. The van der Waals surface area contributed by atoms with Crippen molar-refractivity contribution >= 4 is 15.9 Å². The molecule has 0 spiro atoms. The van der Waals surface area contributed by atoms with Crippen molar-refractivity contribution in [3.05, 3.63) is 34.3 Å². The zero-order valence-electron chi connectivity index (χ0n) is 11.6. The topological polar surface area (TPSA) is 12.0 Å². The number of nitrogens with one attached hydrogen (secondary N) is 1. The summed E-state index contributed by atoms with van der Waals surface area (Å²) < 4.78 is 1.21. The van der Waals surface area contributed by atoms with Crippen LogP contribution in [-0.4, -0.2) is 6.04 Å². The minimum absolute atomic E-state index is 0.422. The Morgan fingerprint density at radius 2 is 1.89 bits per heavy atom. The molecule has 1 aliphatic carbocycles. The third-order valence-electron chi connectivity index (χ3n) is 4.46. The molecule has 1 aromatic rings. The highest BCUT2D eigenvalue weighted by molar-refractivity contribution is 9.10. The Balaban J connectivity index is 1.96. The third kappa shape index (κ3) is 3.36. The van der Waals surface area contributed by atoms with Crippen LogP contribution in [0.5, 0.6) is 0 Å². The second-order valence-electron chi connectivity index (χ2n) is 5.87. The molecule has 2 heteroatoms. The molecular formula is C16H24BrN. The highest BCUT2D eigenvalue weighted by Gasteiger charge is 2.25. The normalized spacial score (nSPS) is 30.1. The van der Waals surface area contributed by atoms with Gasteiger partial charge in [-0.25, -0.2) is 0 Å². The first-order valence-corrected chi connectivity index (χ1v) is 7.87. The minimum atomic E-state index is 0.422. The monoisotopic (exact) mass is 309 g/mol. The van der Waals surface area contributed by atoms with Gasteiger partial charge >= 0.3 is 0 Å². The van der Waals surface area contributed by atoms with E-state index in [2.05, 4.69) is 66.3 Å². The van der Waals surface area contributed by atoms with E-state index in [0.29, 0.717) is 12.1 Å². The molecule has 0 bridgehead atoms. The van der Waals surface area contributed by atoms with Gasteiger partial charge in [0.2, 0.25) is 0 Å². The first kappa shape index (κ1) is 14.1. The van der Waals surface area contributed by atoms with Crippen LogP contribution < -0.4 is 5.32 Å². The predicted molar refractivity (Wildman–Crippen MR) is 81.7 cm³/mol. The molecule has 1 N–H and O–H groups in total. The first-order valence-electron chi connectivity index (χ1n) is 7.08. The second-order valence-corrected chi connectivity index (χ2v) is 6.73. The average molecular weight is 310 g/mol. The van der Waals surface area contributed by atoms with E-state index in [9.17, 15) is 0 Å². The van der Waals surface area contributed by atoms with Crippen molar-refractivity contribution in [3.63, 3.8) is 0 Å². The van der Waals surface area contributed by atoms with E-state index >= 15 is 0 Å². The van der Waals surface area contributed by atoms with Gasteiger partial charge in [-0.2, -0.15) is 0 Å². The van der Waals surface area contributed by atoms with E-state index in [4.69, 9.17) is 0 Å². The van der Waals surface area contributed by atoms with E-state index in [0.717, 1.165) is 11.8 Å². The van der Waals surface area contributed by atoms with Crippen LogP contribution in [-0.2, 0) is 0 Å². The van der Waals surface area contributed by atoms with Crippen LogP contribution in [0, 0.1) is 11.8 Å². The molecule has 18 heavy (non-hydrogen) atoms. The second kappa shape index (κ2) is 6.21. The first-order chi connectivity index (χ1) is 8.58. The van der Waals surface area contributed by atoms with Gasteiger partial charge in [-0.05, 0) is 49.7 Å². The molecule has 100 valence electrons. The Labute approximate surface area is 119 Å². The maximum absolute atomic E-state index is 3.80. The fourth-order valence-electron chi connectivity index (χ4n) is 2.97. The van der Waals surface area contributed by atoms with Gasteiger partial charge in [-0.3, -0.25) is 0 Å². The lowest BCUT2D eigenvalue weighted by Crippen LogP contribution is -2.37. The van der Waals surface area contributed by atoms with Crippen molar-refractivity contribution in [3.8, 4) is 0 Å². The molecule has 0 heterocycles. The van der Waals surface area contributed by atoms with Gasteiger partial charge in [0.1, 0.15) is 0 Å². The van der Waals surface area contributed by atoms with Crippen molar-refractivity contribution in [2.45, 2.75) is 52.1 Å². The van der Waals surface area contributed by atoms with Gasteiger partial charge in [0.15, 0.2) is 0 Å². The van der Waals surface area contributed by atoms with Crippen LogP contribution in [0.2, 0.25) is 0 Å². The standard InChI is InChI=1S/C16H24BrN/c1-11-8-9-14(10-12(11)2)18-13(3)15-6-4-5-7-16(15)17/h4-7,11-14,18H,8-10H2,1-3H3. The molecule has 1 saturated carbocycles. The van der Waals surface area contributed by atoms with Gasteiger partial charge in [0.05, 0.1) is 0 Å². The van der Waals surface area contributed by atoms with E-state index in [1.807, 2.05) is 0 Å². The van der Waals surface area contributed by atoms with E-state index < -0.39 is 0 Å². The van der Waals surface area contributed by atoms with Crippen LogP contribution in [0.1, 0.15) is 51.6 Å². The molecule has 1 aromatic carbocycles. The molecular weight excluding hydrogens is 286 g/mol. The lowest BCUT2D eigenvalue weighted by Gasteiger charge is -2.34. The van der Waals surface area contributed by atoms with Gasteiger partial charge in [-0.1, -0.05) is 48.0 Å².